The van der Waals surface area contributed by atoms with Gasteiger partial charge in [-0.25, -0.2) is 0 Å². The molecule has 1 aliphatic carbocycles. The Bertz CT molecular complexity index is 1300. The van der Waals surface area contributed by atoms with Crippen LogP contribution in [-0.4, -0.2) is 23.9 Å². The van der Waals surface area contributed by atoms with Gasteiger partial charge in [0.2, 0.25) is 11.8 Å². The Morgan fingerprint density at radius 3 is 2.36 bits per heavy atom. The lowest BCUT2D eigenvalue weighted by Gasteiger charge is -2.16. The Balaban J connectivity index is 1.60. The van der Waals surface area contributed by atoms with Gasteiger partial charge in [0.05, 0.1) is 5.92 Å². The van der Waals surface area contributed by atoms with Crippen LogP contribution >= 0.6 is 0 Å². The molecule has 0 spiro atoms. The van der Waals surface area contributed by atoms with Crippen molar-refractivity contribution < 1.29 is 14.4 Å². The van der Waals surface area contributed by atoms with E-state index in [0.29, 0.717) is 40.3 Å². The van der Waals surface area contributed by atoms with Crippen LogP contribution in [0.5, 0.6) is 0 Å². The molecule has 0 bridgehead atoms. The predicted molar refractivity (Wildman–Crippen MR) is 144 cm³/mol. The van der Waals surface area contributed by atoms with Crippen LogP contribution in [0.25, 0.3) is 0 Å². The van der Waals surface area contributed by atoms with Gasteiger partial charge >= 0.3 is 0 Å². The molecule has 2 aromatic carbocycles. The highest BCUT2D eigenvalue weighted by atomic mass is 16.2. The number of carbonyl (C=O) groups is 3. The third kappa shape index (κ3) is 6.77. The van der Waals surface area contributed by atoms with Crippen molar-refractivity contribution in [3.8, 4) is 0 Å². The van der Waals surface area contributed by atoms with Gasteiger partial charge in [-0.05, 0) is 66.6 Å². The van der Waals surface area contributed by atoms with E-state index in [0.717, 1.165) is 17.9 Å². The minimum Gasteiger partial charge on any atom is -0.398 e. The molecule has 0 aromatic heterocycles. The smallest absolute Gasteiger partial charge is 0.255 e. The molecule has 0 saturated heterocycles. The SMILES string of the molecule is C=CC(=O)Nc1cccc(C(=O)Nc2ccc(NC(=O)C3C=CC=C(/C(N)=C/C=N)CC3=C)cc2)c1. The molecule has 1 atom stereocenters. The van der Waals surface area contributed by atoms with E-state index in [1.807, 2.05) is 6.08 Å². The zero-order valence-corrected chi connectivity index (χ0v) is 19.6. The molecule has 2 aromatic rings. The van der Waals surface area contributed by atoms with Crippen LogP contribution in [0.4, 0.5) is 17.1 Å². The van der Waals surface area contributed by atoms with Gasteiger partial charge in [-0.2, -0.15) is 0 Å². The van der Waals surface area contributed by atoms with Crippen molar-refractivity contribution in [1.82, 2.24) is 0 Å². The molecular formula is C28H27N5O3. The van der Waals surface area contributed by atoms with Crippen LogP contribution in [0.1, 0.15) is 16.8 Å². The van der Waals surface area contributed by atoms with Crippen molar-refractivity contribution in [3.05, 3.63) is 114 Å². The number of amides is 3. The number of carbonyl (C=O) groups excluding carboxylic acids is 3. The van der Waals surface area contributed by atoms with E-state index >= 15 is 0 Å². The van der Waals surface area contributed by atoms with E-state index < -0.39 is 5.92 Å². The fourth-order valence-electron chi connectivity index (χ4n) is 3.49. The maximum atomic E-state index is 12.9. The average Bonchev–Trinajstić information content (AvgIpc) is 3.07. The van der Waals surface area contributed by atoms with Crippen molar-refractivity contribution in [2.45, 2.75) is 6.42 Å². The molecule has 0 heterocycles. The molecular weight excluding hydrogens is 454 g/mol. The van der Waals surface area contributed by atoms with Gasteiger partial charge in [-0.3, -0.25) is 14.4 Å². The number of hydrogen-bond acceptors (Lipinski definition) is 5. The van der Waals surface area contributed by atoms with E-state index in [4.69, 9.17) is 11.1 Å². The molecule has 0 fully saturated rings. The summed E-state index contributed by atoms with van der Waals surface area (Å²) >= 11 is 0. The van der Waals surface area contributed by atoms with E-state index in [1.54, 1.807) is 60.7 Å². The zero-order chi connectivity index (χ0) is 26.1. The molecule has 3 amide bonds. The maximum Gasteiger partial charge on any atom is 0.255 e. The number of anilines is 3. The lowest BCUT2D eigenvalue weighted by molar-refractivity contribution is -0.117. The monoisotopic (exact) mass is 481 g/mol. The van der Waals surface area contributed by atoms with Crippen LogP contribution in [-0.2, 0) is 9.59 Å². The first-order valence-corrected chi connectivity index (χ1v) is 11.1. The molecule has 182 valence electrons. The van der Waals surface area contributed by atoms with Gasteiger partial charge in [0.1, 0.15) is 0 Å². The van der Waals surface area contributed by atoms with Crippen LogP contribution in [0.3, 0.4) is 0 Å². The van der Waals surface area contributed by atoms with Gasteiger partial charge in [-0.15, -0.1) is 0 Å². The lowest BCUT2D eigenvalue weighted by Crippen LogP contribution is -2.22. The zero-order valence-electron chi connectivity index (χ0n) is 19.6. The van der Waals surface area contributed by atoms with Crippen molar-refractivity contribution in [1.29, 1.82) is 5.41 Å². The van der Waals surface area contributed by atoms with Gasteiger partial charge in [0, 0.05) is 34.5 Å². The summed E-state index contributed by atoms with van der Waals surface area (Å²) in [6.45, 7) is 7.45. The number of benzene rings is 2. The third-order valence-corrected chi connectivity index (χ3v) is 5.36. The third-order valence-electron chi connectivity index (χ3n) is 5.36. The fourth-order valence-corrected chi connectivity index (χ4v) is 3.49. The summed E-state index contributed by atoms with van der Waals surface area (Å²) in [6.07, 6.45) is 9.51. The van der Waals surface area contributed by atoms with Crippen LogP contribution in [0.2, 0.25) is 0 Å². The lowest BCUT2D eigenvalue weighted by atomic mass is 9.94. The normalized spacial score (nSPS) is 15.2. The standard InChI is InChI=1S/C28H27N5O3/c1-3-26(34)31-23-8-4-7-20(17-23)27(35)32-21-10-12-22(13-11-21)33-28(36)24-9-5-6-19(16-18(24)2)25(30)14-15-29/h3-15,17,24,29H,1-2,16,30H2,(H,31,34)(H,32,35)(H,33,36)/b25-14-,29-15?. The summed E-state index contributed by atoms with van der Waals surface area (Å²) in [5.41, 5.74) is 9.87. The largest absolute Gasteiger partial charge is 0.398 e. The van der Waals surface area contributed by atoms with Gasteiger partial charge in [0.25, 0.3) is 5.91 Å². The first kappa shape index (κ1) is 25.6. The molecule has 6 N–H and O–H groups in total. The maximum absolute atomic E-state index is 12.9. The Labute approximate surface area is 209 Å². The second kappa shape index (κ2) is 11.9. The number of allylic oxidation sites excluding steroid dienone is 4. The highest BCUT2D eigenvalue weighted by Crippen LogP contribution is 2.27. The number of hydrogen-bond donors (Lipinski definition) is 5. The summed E-state index contributed by atoms with van der Waals surface area (Å²) in [5.74, 6) is -1.50. The summed E-state index contributed by atoms with van der Waals surface area (Å²) in [5, 5.41) is 15.4. The van der Waals surface area contributed by atoms with Gasteiger partial charge in [-0.1, -0.05) is 43.0 Å². The Hall–Kier alpha value is -4.98. The fraction of sp³-hybridized carbons (Fsp3) is 0.0714. The van der Waals surface area contributed by atoms with E-state index in [9.17, 15) is 14.4 Å². The summed E-state index contributed by atoms with van der Waals surface area (Å²) in [6, 6.07) is 13.3. The molecule has 3 rings (SSSR count). The minimum atomic E-state index is -0.542. The Kier molecular flexibility index (Phi) is 8.50. The number of rotatable bonds is 8. The van der Waals surface area contributed by atoms with Crippen molar-refractivity contribution in [2.75, 3.05) is 16.0 Å². The quantitative estimate of drug-likeness (QED) is 0.214. The van der Waals surface area contributed by atoms with E-state index in [2.05, 4.69) is 29.1 Å². The molecule has 0 aliphatic heterocycles. The first-order valence-electron chi connectivity index (χ1n) is 11.1. The summed E-state index contributed by atoms with van der Waals surface area (Å²) in [4.78, 5) is 37.0. The predicted octanol–water partition coefficient (Wildman–Crippen LogP) is 4.55. The molecule has 0 radical (unpaired) electrons. The molecule has 36 heavy (non-hydrogen) atoms. The highest BCUT2D eigenvalue weighted by Gasteiger charge is 2.22. The Morgan fingerprint density at radius 1 is 1.00 bits per heavy atom. The van der Waals surface area contributed by atoms with Crippen LogP contribution in [0, 0.1) is 11.3 Å². The van der Waals surface area contributed by atoms with Crippen LogP contribution < -0.4 is 21.7 Å². The number of nitrogens with one attached hydrogen (secondary N) is 4. The molecule has 1 unspecified atom stereocenters. The molecule has 8 nitrogen and oxygen atoms in total. The van der Waals surface area contributed by atoms with Gasteiger partial charge < -0.3 is 27.1 Å². The van der Waals surface area contributed by atoms with Crippen LogP contribution in [0.15, 0.2) is 109 Å². The van der Waals surface area contributed by atoms with Crippen molar-refractivity contribution >= 4 is 41.0 Å². The molecule has 8 heteroatoms. The Morgan fingerprint density at radius 2 is 1.69 bits per heavy atom. The first-order chi connectivity index (χ1) is 17.3. The van der Waals surface area contributed by atoms with E-state index in [-0.39, 0.29) is 17.7 Å². The van der Waals surface area contributed by atoms with Crippen molar-refractivity contribution in [2.24, 2.45) is 11.7 Å². The van der Waals surface area contributed by atoms with Crippen molar-refractivity contribution in [3.63, 3.8) is 0 Å². The number of nitrogens with two attached hydrogens (primary N) is 1. The van der Waals surface area contributed by atoms with Gasteiger partial charge in [0.15, 0.2) is 0 Å². The topological polar surface area (TPSA) is 137 Å². The van der Waals surface area contributed by atoms with E-state index in [1.165, 1.54) is 6.08 Å². The minimum absolute atomic E-state index is 0.240. The second-order valence-electron chi connectivity index (χ2n) is 7.97. The molecule has 0 saturated carbocycles. The summed E-state index contributed by atoms with van der Waals surface area (Å²) < 4.78 is 0. The summed E-state index contributed by atoms with van der Waals surface area (Å²) in [7, 11) is 0. The second-order valence-corrected chi connectivity index (χ2v) is 7.97. The highest BCUT2D eigenvalue weighted by molar-refractivity contribution is 6.06. The average molecular weight is 482 g/mol. The molecule has 1 aliphatic rings.